The molecule has 1 unspecified atom stereocenters. The van der Waals surface area contributed by atoms with Crippen LogP contribution in [0.1, 0.15) is 18.9 Å². The van der Waals surface area contributed by atoms with Crippen molar-refractivity contribution in [1.82, 2.24) is 5.32 Å². The van der Waals surface area contributed by atoms with E-state index < -0.39 is 0 Å². The molecular weight excluding hydrogens is 242 g/mol. The van der Waals surface area contributed by atoms with Gasteiger partial charge in [-0.15, -0.1) is 0 Å². The highest BCUT2D eigenvalue weighted by molar-refractivity contribution is 9.10. The van der Waals surface area contributed by atoms with Gasteiger partial charge in [0.15, 0.2) is 0 Å². The van der Waals surface area contributed by atoms with Gasteiger partial charge >= 0.3 is 0 Å². The second-order valence-electron chi connectivity index (χ2n) is 4.02. The summed E-state index contributed by atoms with van der Waals surface area (Å²) in [4.78, 5) is 11.2. The Balaban J connectivity index is 2.30. The lowest BCUT2D eigenvalue weighted by Gasteiger charge is -2.21. The van der Waals surface area contributed by atoms with Gasteiger partial charge in [-0.05, 0) is 17.7 Å². The standard InChI is InChI=1S/C11H12BrNO/c1-11(6-10(14)13-7-11)8-2-4-9(12)5-3-8/h2-5H,6-7H2,1H3,(H,13,14). The van der Waals surface area contributed by atoms with Crippen LogP contribution in [-0.4, -0.2) is 12.5 Å². The first-order valence-corrected chi connectivity index (χ1v) is 5.42. The summed E-state index contributed by atoms with van der Waals surface area (Å²) in [5.74, 6) is 0.149. The zero-order chi connectivity index (χ0) is 10.2. The maximum atomic E-state index is 11.2. The van der Waals surface area contributed by atoms with E-state index >= 15 is 0 Å². The Kier molecular flexibility index (Phi) is 2.35. The number of hydrogen-bond acceptors (Lipinski definition) is 1. The molecule has 1 atom stereocenters. The second-order valence-corrected chi connectivity index (χ2v) is 4.94. The van der Waals surface area contributed by atoms with Gasteiger partial charge < -0.3 is 5.32 Å². The van der Waals surface area contributed by atoms with Crippen molar-refractivity contribution in [3.63, 3.8) is 0 Å². The number of nitrogens with one attached hydrogen (secondary N) is 1. The Hall–Kier alpha value is -0.830. The quantitative estimate of drug-likeness (QED) is 0.818. The van der Waals surface area contributed by atoms with E-state index in [4.69, 9.17) is 0 Å². The number of halogens is 1. The fraction of sp³-hybridized carbons (Fsp3) is 0.364. The third-order valence-corrected chi connectivity index (χ3v) is 3.30. The van der Waals surface area contributed by atoms with Crippen molar-refractivity contribution in [2.45, 2.75) is 18.8 Å². The van der Waals surface area contributed by atoms with E-state index in [9.17, 15) is 4.79 Å². The van der Waals surface area contributed by atoms with Crippen LogP contribution in [0.15, 0.2) is 28.7 Å². The zero-order valence-corrected chi connectivity index (χ0v) is 9.60. The molecule has 1 aliphatic heterocycles. The van der Waals surface area contributed by atoms with Crippen molar-refractivity contribution in [2.75, 3.05) is 6.54 Å². The molecule has 1 amide bonds. The Labute approximate surface area is 91.8 Å². The zero-order valence-electron chi connectivity index (χ0n) is 8.01. The highest BCUT2D eigenvalue weighted by Crippen LogP contribution is 2.31. The molecule has 3 heteroatoms. The van der Waals surface area contributed by atoms with Crippen LogP contribution in [0.3, 0.4) is 0 Å². The van der Waals surface area contributed by atoms with Crippen molar-refractivity contribution < 1.29 is 4.79 Å². The lowest BCUT2D eigenvalue weighted by atomic mass is 9.82. The topological polar surface area (TPSA) is 29.1 Å². The second kappa shape index (κ2) is 3.39. The Morgan fingerprint density at radius 3 is 2.50 bits per heavy atom. The normalized spacial score (nSPS) is 26.3. The number of benzene rings is 1. The third-order valence-electron chi connectivity index (χ3n) is 2.77. The monoisotopic (exact) mass is 253 g/mol. The number of hydrogen-bond donors (Lipinski definition) is 1. The van der Waals surface area contributed by atoms with Gasteiger partial charge in [-0.1, -0.05) is 35.0 Å². The highest BCUT2D eigenvalue weighted by Gasteiger charge is 2.35. The summed E-state index contributed by atoms with van der Waals surface area (Å²) in [5, 5.41) is 2.87. The molecule has 1 fully saturated rings. The summed E-state index contributed by atoms with van der Waals surface area (Å²) < 4.78 is 1.07. The van der Waals surface area contributed by atoms with Crippen LogP contribution in [0.5, 0.6) is 0 Å². The molecule has 0 aliphatic carbocycles. The largest absolute Gasteiger partial charge is 0.355 e. The minimum atomic E-state index is -0.0300. The van der Waals surface area contributed by atoms with Crippen LogP contribution in [0.2, 0.25) is 0 Å². The van der Waals surface area contributed by atoms with Crippen LogP contribution in [0.4, 0.5) is 0 Å². The van der Waals surface area contributed by atoms with E-state index in [0.29, 0.717) is 6.42 Å². The van der Waals surface area contributed by atoms with Gasteiger partial charge in [0, 0.05) is 22.9 Å². The first-order valence-electron chi connectivity index (χ1n) is 4.63. The molecule has 0 bridgehead atoms. The van der Waals surface area contributed by atoms with Crippen LogP contribution in [0.25, 0.3) is 0 Å². The maximum Gasteiger partial charge on any atom is 0.220 e. The van der Waals surface area contributed by atoms with Gasteiger partial charge in [0.2, 0.25) is 5.91 Å². The van der Waals surface area contributed by atoms with Crippen molar-refractivity contribution in [3.8, 4) is 0 Å². The molecule has 0 saturated carbocycles. The summed E-state index contributed by atoms with van der Waals surface area (Å²) in [6.07, 6.45) is 0.592. The van der Waals surface area contributed by atoms with Gasteiger partial charge in [-0.2, -0.15) is 0 Å². The fourth-order valence-electron chi connectivity index (χ4n) is 1.83. The molecule has 1 aromatic carbocycles. The molecule has 2 rings (SSSR count). The van der Waals surface area contributed by atoms with Crippen LogP contribution in [-0.2, 0) is 10.2 Å². The molecule has 1 aliphatic rings. The lowest BCUT2D eigenvalue weighted by Crippen LogP contribution is -2.24. The smallest absolute Gasteiger partial charge is 0.220 e. The van der Waals surface area contributed by atoms with Gasteiger partial charge in [0.25, 0.3) is 0 Å². The average molecular weight is 254 g/mol. The van der Waals surface area contributed by atoms with Gasteiger partial charge in [-0.25, -0.2) is 0 Å². The van der Waals surface area contributed by atoms with Crippen LogP contribution >= 0.6 is 15.9 Å². The van der Waals surface area contributed by atoms with Crippen LogP contribution in [0, 0.1) is 0 Å². The summed E-state index contributed by atoms with van der Waals surface area (Å²) in [5.41, 5.74) is 1.19. The van der Waals surface area contributed by atoms with Crippen molar-refractivity contribution in [2.24, 2.45) is 0 Å². The van der Waals surface area contributed by atoms with Crippen molar-refractivity contribution in [1.29, 1.82) is 0 Å². The fourth-order valence-corrected chi connectivity index (χ4v) is 2.09. The number of carbonyl (C=O) groups is 1. The number of carbonyl (C=O) groups excluding carboxylic acids is 1. The number of rotatable bonds is 1. The van der Waals surface area contributed by atoms with Gasteiger partial charge in [0.1, 0.15) is 0 Å². The van der Waals surface area contributed by atoms with Crippen molar-refractivity contribution in [3.05, 3.63) is 34.3 Å². The van der Waals surface area contributed by atoms with Crippen molar-refractivity contribution >= 4 is 21.8 Å². The van der Waals surface area contributed by atoms with E-state index in [2.05, 4.69) is 40.3 Å². The minimum absolute atomic E-state index is 0.0300. The Bertz CT molecular complexity index is 360. The SMILES string of the molecule is CC1(c2ccc(Br)cc2)CNC(=O)C1. The first-order chi connectivity index (χ1) is 6.60. The lowest BCUT2D eigenvalue weighted by molar-refractivity contribution is -0.119. The molecule has 0 spiro atoms. The van der Waals surface area contributed by atoms with E-state index in [0.717, 1.165) is 11.0 Å². The first kappa shape index (κ1) is 9.71. The molecule has 0 radical (unpaired) electrons. The predicted octanol–water partition coefficient (Wildman–Crippen LogP) is 2.23. The molecule has 74 valence electrons. The average Bonchev–Trinajstić information content (AvgIpc) is 2.48. The summed E-state index contributed by atoms with van der Waals surface area (Å²) in [6, 6.07) is 8.18. The Morgan fingerprint density at radius 2 is 2.00 bits per heavy atom. The predicted molar refractivity (Wildman–Crippen MR) is 59.1 cm³/mol. The minimum Gasteiger partial charge on any atom is -0.355 e. The summed E-state index contributed by atoms with van der Waals surface area (Å²) in [7, 11) is 0. The Morgan fingerprint density at radius 1 is 1.36 bits per heavy atom. The molecule has 0 aromatic heterocycles. The molecule has 1 aromatic rings. The molecule has 14 heavy (non-hydrogen) atoms. The molecular formula is C11H12BrNO. The van der Waals surface area contributed by atoms with E-state index in [1.54, 1.807) is 0 Å². The summed E-state index contributed by atoms with van der Waals surface area (Å²) in [6.45, 7) is 2.86. The van der Waals surface area contributed by atoms with Gasteiger partial charge in [0.05, 0.1) is 0 Å². The highest BCUT2D eigenvalue weighted by atomic mass is 79.9. The van der Waals surface area contributed by atoms with E-state index in [1.165, 1.54) is 5.56 Å². The maximum absolute atomic E-state index is 11.2. The van der Waals surface area contributed by atoms with Crippen LogP contribution < -0.4 is 5.32 Å². The summed E-state index contributed by atoms with van der Waals surface area (Å²) >= 11 is 3.40. The molecule has 1 saturated heterocycles. The van der Waals surface area contributed by atoms with E-state index in [1.807, 2.05) is 12.1 Å². The molecule has 1 heterocycles. The third kappa shape index (κ3) is 1.69. The molecule has 2 nitrogen and oxygen atoms in total. The van der Waals surface area contributed by atoms with E-state index in [-0.39, 0.29) is 11.3 Å². The molecule has 1 N–H and O–H groups in total. The number of amides is 1. The van der Waals surface area contributed by atoms with Gasteiger partial charge in [-0.3, -0.25) is 4.79 Å².